The Labute approximate surface area is 183 Å². The van der Waals surface area contributed by atoms with Gasteiger partial charge in [0.15, 0.2) is 0 Å². The highest BCUT2D eigenvalue weighted by Crippen LogP contribution is 2.25. The van der Waals surface area contributed by atoms with E-state index in [2.05, 4.69) is 23.8 Å². The van der Waals surface area contributed by atoms with Gasteiger partial charge in [0.2, 0.25) is 0 Å². The van der Waals surface area contributed by atoms with Gasteiger partial charge < -0.3 is 19.4 Å². The number of hydrogen-bond acceptors (Lipinski definition) is 4. The molecule has 3 aromatic rings. The number of hydrogen-bond donors (Lipinski definition) is 2. The number of aromatic nitrogens is 2. The van der Waals surface area contributed by atoms with Crippen LogP contribution in [0.4, 0.5) is 0 Å². The summed E-state index contributed by atoms with van der Waals surface area (Å²) in [7, 11) is 1.40. The van der Waals surface area contributed by atoms with Gasteiger partial charge in [-0.15, -0.1) is 0 Å². The Morgan fingerprint density at radius 1 is 1.03 bits per heavy atom. The lowest BCUT2D eigenvalue weighted by Gasteiger charge is -2.04. The van der Waals surface area contributed by atoms with Gasteiger partial charge >= 0.3 is 11.9 Å². The average molecular weight is 423 g/mol. The van der Waals surface area contributed by atoms with Gasteiger partial charge in [-0.2, -0.15) is 0 Å². The minimum absolute atomic E-state index is 0.214. The minimum Gasteiger partial charge on any atom is -0.469 e. The van der Waals surface area contributed by atoms with E-state index in [0.29, 0.717) is 25.0 Å². The molecule has 3 rings (SSSR count). The smallest absolute Gasteiger partial charge is 0.355 e. The fourth-order valence-electron chi connectivity index (χ4n) is 3.87. The standard InChI is InChI=1S/C25H30N2O4/c1-5-20-17(3)24(25(29)31-15-18-9-7-6-8-10-18)27-22(20)13-21-16(2)19(14-26-21)11-12-23(28)30-4/h6-10,14,26-27H,5,11-13,15H2,1-4H3. The molecule has 6 heteroatoms. The Morgan fingerprint density at radius 3 is 2.45 bits per heavy atom. The van der Waals surface area contributed by atoms with E-state index in [4.69, 9.17) is 9.47 Å². The van der Waals surface area contributed by atoms with Crippen LogP contribution in [-0.2, 0) is 40.1 Å². The Hall–Kier alpha value is -3.28. The second-order valence-corrected chi connectivity index (χ2v) is 7.67. The predicted molar refractivity (Wildman–Crippen MR) is 119 cm³/mol. The molecule has 31 heavy (non-hydrogen) atoms. The second kappa shape index (κ2) is 10.2. The van der Waals surface area contributed by atoms with Crippen molar-refractivity contribution < 1.29 is 19.1 Å². The number of aromatic amines is 2. The molecule has 0 bridgehead atoms. The lowest BCUT2D eigenvalue weighted by molar-refractivity contribution is -0.140. The number of carbonyl (C=O) groups excluding carboxylic acids is 2. The summed E-state index contributed by atoms with van der Waals surface area (Å²) in [6, 6.07) is 9.65. The normalized spacial score (nSPS) is 10.8. The van der Waals surface area contributed by atoms with Gasteiger partial charge in [-0.1, -0.05) is 37.3 Å². The first kappa shape index (κ1) is 22.4. The van der Waals surface area contributed by atoms with Crippen molar-refractivity contribution in [1.82, 2.24) is 9.97 Å². The number of benzene rings is 1. The Kier molecular flexibility index (Phi) is 7.34. The molecule has 0 unspecified atom stereocenters. The highest BCUT2D eigenvalue weighted by molar-refractivity contribution is 5.89. The molecule has 0 aliphatic heterocycles. The quantitative estimate of drug-likeness (QED) is 0.495. The first-order chi connectivity index (χ1) is 14.9. The van der Waals surface area contributed by atoms with E-state index in [0.717, 1.165) is 45.6 Å². The lowest BCUT2D eigenvalue weighted by Crippen LogP contribution is -2.07. The van der Waals surface area contributed by atoms with Crippen molar-refractivity contribution >= 4 is 11.9 Å². The summed E-state index contributed by atoms with van der Waals surface area (Å²) in [5.74, 6) is -0.557. The van der Waals surface area contributed by atoms with Crippen LogP contribution in [-0.4, -0.2) is 29.0 Å². The first-order valence-corrected chi connectivity index (χ1v) is 10.6. The van der Waals surface area contributed by atoms with Gasteiger partial charge in [0, 0.05) is 30.4 Å². The number of rotatable bonds is 9. The minimum atomic E-state index is -0.343. The van der Waals surface area contributed by atoms with Gasteiger partial charge in [-0.3, -0.25) is 4.79 Å². The summed E-state index contributed by atoms with van der Waals surface area (Å²) in [5, 5.41) is 0. The van der Waals surface area contributed by atoms with Crippen molar-refractivity contribution in [2.24, 2.45) is 0 Å². The monoisotopic (exact) mass is 422 g/mol. The summed E-state index contributed by atoms with van der Waals surface area (Å²) in [6.07, 6.45) is 4.41. The van der Waals surface area contributed by atoms with E-state index in [-0.39, 0.29) is 18.5 Å². The molecule has 0 spiro atoms. The highest BCUT2D eigenvalue weighted by Gasteiger charge is 2.21. The largest absolute Gasteiger partial charge is 0.469 e. The maximum atomic E-state index is 12.7. The zero-order valence-electron chi connectivity index (χ0n) is 18.6. The number of aryl methyl sites for hydroxylation is 1. The first-order valence-electron chi connectivity index (χ1n) is 10.6. The number of esters is 2. The van der Waals surface area contributed by atoms with E-state index >= 15 is 0 Å². The molecule has 2 heterocycles. The summed E-state index contributed by atoms with van der Waals surface area (Å²) in [6.45, 7) is 6.34. The Bertz CT molecular complexity index is 1050. The number of methoxy groups -OCH3 is 1. The van der Waals surface area contributed by atoms with Crippen LogP contribution < -0.4 is 0 Å². The molecule has 6 nitrogen and oxygen atoms in total. The topological polar surface area (TPSA) is 84.2 Å². The molecule has 0 atom stereocenters. The van der Waals surface area contributed by atoms with Gasteiger partial charge in [0.25, 0.3) is 0 Å². The summed E-state index contributed by atoms with van der Waals surface area (Å²) in [4.78, 5) is 30.8. The number of ether oxygens (including phenoxy) is 2. The van der Waals surface area contributed by atoms with Gasteiger partial charge in [0.1, 0.15) is 12.3 Å². The number of nitrogens with one attached hydrogen (secondary N) is 2. The summed E-state index contributed by atoms with van der Waals surface area (Å²) < 4.78 is 10.3. The molecule has 1 aromatic carbocycles. The Morgan fingerprint density at radius 2 is 1.77 bits per heavy atom. The van der Waals surface area contributed by atoms with Crippen LogP contribution in [0.1, 0.15) is 63.0 Å². The molecule has 0 aliphatic rings. The SMILES string of the molecule is CCc1c(Cc2[nH]cc(CCC(=O)OC)c2C)[nH]c(C(=O)OCc2ccccc2)c1C. The average Bonchev–Trinajstić information content (AvgIpc) is 3.30. The van der Waals surface area contributed by atoms with E-state index < -0.39 is 0 Å². The highest BCUT2D eigenvalue weighted by atomic mass is 16.5. The van der Waals surface area contributed by atoms with Crippen LogP contribution >= 0.6 is 0 Å². The van der Waals surface area contributed by atoms with Crippen molar-refractivity contribution in [3.63, 3.8) is 0 Å². The third-order valence-corrected chi connectivity index (χ3v) is 5.77. The van der Waals surface area contributed by atoms with Gasteiger partial charge in [0.05, 0.1) is 7.11 Å². The Balaban J connectivity index is 1.74. The third kappa shape index (κ3) is 5.26. The van der Waals surface area contributed by atoms with Crippen LogP contribution in [0.15, 0.2) is 36.5 Å². The van der Waals surface area contributed by atoms with Crippen LogP contribution in [0.25, 0.3) is 0 Å². The van der Waals surface area contributed by atoms with E-state index in [1.54, 1.807) is 0 Å². The summed E-state index contributed by atoms with van der Waals surface area (Å²) >= 11 is 0. The molecule has 2 aromatic heterocycles. The van der Waals surface area contributed by atoms with Crippen molar-refractivity contribution in [3.05, 3.63) is 81.4 Å². The molecule has 0 saturated heterocycles. The molecule has 0 aliphatic carbocycles. The lowest BCUT2D eigenvalue weighted by atomic mass is 10.0. The maximum absolute atomic E-state index is 12.7. The van der Waals surface area contributed by atoms with E-state index in [1.165, 1.54) is 7.11 Å². The van der Waals surface area contributed by atoms with Gasteiger partial charge in [-0.25, -0.2) is 4.79 Å². The van der Waals surface area contributed by atoms with Crippen molar-refractivity contribution in [1.29, 1.82) is 0 Å². The van der Waals surface area contributed by atoms with Crippen molar-refractivity contribution in [2.45, 2.75) is 53.1 Å². The molecule has 0 saturated carbocycles. The zero-order chi connectivity index (χ0) is 22.4. The number of carbonyl (C=O) groups is 2. The molecule has 2 N–H and O–H groups in total. The van der Waals surface area contributed by atoms with Crippen molar-refractivity contribution in [2.75, 3.05) is 7.11 Å². The zero-order valence-corrected chi connectivity index (χ0v) is 18.6. The van der Waals surface area contributed by atoms with E-state index in [1.807, 2.05) is 43.5 Å². The fraction of sp³-hybridized carbons (Fsp3) is 0.360. The summed E-state index contributed by atoms with van der Waals surface area (Å²) in [5.41, 5.74) is 7.85. The molecule has 0 amide bonds. The van der Waals surface area contributed by atoms with Crippen LogP contribution in [0.2, 0.25) is 0 Å². The van der Waals surface area contributed by atoms with Crippen molar-refractivity contribution in [3.8, 4) is 0 Å². The van der Waals surface area contributed by atoms with Gasteiger partial charge in [-0.05, 0) is 54.5 Å². The predicted octanol–water partition coefficient (Wildman–Crippen LogP) is 4.58. The molecule has 164 valence electrons. The second-order valence-electron chi connectivity index (χ2n) is 7.67. The van der Waals surface area contributed by atoms with Crippen LogP contribution in [0.5, 0.6) is 0 Å². The molecule has 0 radical (unpaired) electrons. The van der Waals surface area contributed by atoms with E-state index in [9.17, 15) is 9.59 Å². The maximum Gasteiger partial charge on any atom is 0.355 e. The van der Waals surface area contributed by atoms with Crippen LogP contribution in [0.3, 0.4) is 0 Å². The molecule has 0 fully saturated rings. The van der Waals surface area contributed by atoms with Crippen LogP contribution in [0, 0.1) is 13.8 Å². The molecular formula is C25H30N2O4. The fourth-order valence-corrected chi connectivity index (χ4v) is 3.87. The third-order valence-electron chi connectivity index (χ3n) is 5.77. The number of H-pyrrole nitrogens is 2. The molecular weight excluding hydrogens is 392 g/mol.